The molecule has 1 aromatic carbocycles. The molecule has 0 atom stereocenters. The fourth-order valence-electron chi connectivity index (χ4n) is 0.998. The predicted molar refractivity (Wildman–Crippen MR) is 53.9 cm³/mol. The summed E-state index contributed by atoms with van der Waals surface area (Å²) >= 11 is 0. The van der Waals surface area contributed by atoms with Gasteiger partial charge in [0.05, 0.1) is 12.1 Å². The van der Waals surface area contributed by atoms with Gasteiger partial charge >= 0.3 is 6.18 Å². The van der Waals surface area contributed by atoms with Crippen LogP contribution in [0, 0.1) is 17.7 Å². The van der Waals surface area contributed by atoms with Crippen molar-refractivity contribution in [1.29, 1.82) is 0 Å². The average molecular weight is 247 g/mol. The van der Waals surface area contributed by atoms with E-state index in [1.807, 2.05) is 0 Å². The smallest absolute Gasteiger partial charge is 0.422 e. The zero-order valence-corrected chi connectivity index (χ0v) is 8.64. The first-order valence-corrected chi connectivity index (χ1v) is 4.60. The van der Waals surface area contributed by atoms with Gasteiger partial charge in [0.2, 0.25) is 0 Å². The van der Waals surface area contributed by atoms with Crippen LogP contribution in [0.15, 0.2) is 18.2 Å². The third kappa shape index (κ3) is 4.74. The second kappa shape index (κ2) is 5.55. The molecule has 0 saturated carbocycles. The molecule has 0 heterocycles. The van der Waals surface area contributed by atoms with E-state index >= 15 is 0 Å². The first kappa shape index (κ1) is 13.3. The van der Waals surface area contributed by atoms with Crippen LogP contribution in [0.5, 0.6) is 5.75 Å². The number of hydrogen-bond donors (Lipinski definition) is 1. The standard InChI is InChI=1S/C11H9F4NO/c12-10-6-9(17-7-11(13,14)15)4-3-8(10)2-1-5-16/h3-4,6H,5,7,16H2. The fraction of sp³-hybridized carbons (Fsp3) is 0.273. The summed E-state index contributed by atoms with van der Waals surface area (Å²) in [5.41, 5.74) is 5.17. The molecule has 0 aliphatic heterocycles. The summed E-state index contributed by atoms with van der Waals surface area (Å²) in [6.45, 7) is -1.38. The second-order valence-electron chi connectivity index (χ2n) is 3.05. The van der Waals surface area contributed by atoms with Crippen molar-refractivity contribution in [2.45, 2.75) is 6.18 Å². The Morgan fingerprint density at radius 2 is 2.00 bits per heavy atom. The molecule has 0 fully saturated rings. The molecular formula is C11H9F4NO. The third-order valence-electron chi connectivity index (χ3n) is 1.67. The number of ether oxygens (including phenoxy) is 1. The van der Waals surface area contributed by atoms with Gasteiger partial charge in [-0.2, -0.15) is 13.2 Å². The minimum absolute atomic E-state index is 0.0646. The third-order valence-corrected chi connectivity index (χ3v) is 1.67. The van der Waals surface area contributed by atoms with Gasteiger partial charge in [0.25, 0.3) is 0 Å². The van der Waals surface area contributed by atoms with Crippen molar-refractivity contribution in [3.8, 4) is 17.6 Å². The lowest BCUT2D eigenvalue weighted by Crippen LogP contribution is -2.19. The van der Waals surface area contributed by atoms with Crippen LogP contribution in [-0.4, -0.2) is 19.3 Å². The lowest BCUT2D eigenvalue weighted by Gasteiger charge is -2.09. The summed E-state index contributed by atoms with van der Waals surface area (Å²) in [6.07, 6.45) is -4.45. The van der Waals surface area contributed by atoms with Gasteiger partial charge in [-0.15, -0.1) is 0 Å². The van der Waals surface area contributed by atoms with Crippen LogP contribution in [0.25, 0.3) is 0 Å². The van der Waals surface area contributed by atoms with Crippen molar-refractivity contribution in [3.63, 3.8) is 0 Å². The number of halogens is 4. The van der Waals surface area contributed by atoms with E-state index in [9.17, 15) is 17.6 Å². The van der Waals surface area contributed by atoms with E-state index in [0.29, 0.717) is 0 Å². The molecule has 2 nitrogen and oxygen atoms in total. The Morgan fingerprint density at radius 1 is 1.29 bits per heavy atom. The minimum Gasteiger partial charge on any atom is -0.484 e. The van der Waals surface area contributed by atoms with Crippen LogP contribution in [0.1, 0.15) is 5.56 Å². The maximum absolute atomic E-state index is 13.3. The normalized spacial score (nSPS) is 10.6. The molecule has 17 heavy (non-hydrogen) atoms. The number of benzene rings is 1. The van der Waals surface area contributed by atoms with Crippen molar-refractivity contribution in [2.24, 2.45) is 5.73 Å². The van der Waals surface area contributed by atoms with Gasteiger partial charge in [-0.25, -0.2) is 4.39 Å². The van der Waals surface area contributed by atoms with Gasteiger partial charge in [-0.3, -0.25) is 0 Å². The molecule has 0 bridgehead atoms. The Bertz CT molecular complexity index is 445. The van der Waals surface area contributed by atoms with E-state index in [4.69, 9.17) is 5.73 Å². The van der Waals surface area contributed by atoms with Crippen LogP contribution in [0.4, 0.5) is 17.6 Å². The SMILES string of the molecule is NCC#Cc1ccc(OCC(F)(F)F)cc1F. The lowest BCUT2D eigenvalue weighted by molar-refractivity contribution is -0.153. The highest BCUT2D eigenvalue weighted by Crippen LogP contribution is 2.20. The van der Waals surface area contributed by atoms with E-state index < -0.39 is 18.6 Å². The maximum Gasteiger partial charge on any atom is 0.422 e. The van der Waals surface area contributed by atoms with Crippen molar-refractivity contribution in [1.82, 2.24) is 0 Å². The summed E-state index contributed by atoms with van der Waals surface area (Å²) in [6, 6.07) is 3.31. The molecule has 0 radical (unpaired) electrons. The minimum atomic E-state index is -4.45. The lowest BCUT2D eigenvalue weighted by atomic mass is 10.2. The topological polar surface area (TPSA) is 35.2 Å². The first-order chi connectivity index (χ1) is 7.92. The summed E-state index contributed by atoms with van der Waals surface area (Å²) in [7, 11) is 0. The summed E-state index contributed by atoms with van der Waals surface area (Å²) in [5, 5.41) is 0. The van der Waals surface area contributed by atoms with Crippen molar-refractivity contribution in [3.05, 3.63) is 29.6 Å². The first-order valence-electron chi connectivity index (χ1n) is 4.60. The Hall–Kier alpha value is -1.74. The zero-order chi connectivity index (χ0) is 12.9. The second-order valence-corrected chi connectivity index (χ2v) is 3.05. The Kier molecular flexibility index (Phi) is 4.35. The summed E-state index contributed by atoms with van der Waals surface area (Å²) in [4.78, 5) is 0. The highest BCUT2D eigenvalue weighted by atomic mass is 19.4. The van der Waals surface area contributed by atoms with Crippen molar-refractivity contribution >= 4 is 0 Å². The largest absolute Gasteiger partial charge is 0.484 e. The number of rotatable bonds is 2. The van der Waals surface area contributed by atoms with Crippen LogP contribution in [0.2, 0.25) is 0 Å². The molecule has 0 aromatic heterocycles. The van der Waals surface area contributed by atoms with Crippen molar-refractivity contribution in [2.75, 3.05) is 13.2 Å². The summed E-state index contributed by atoms with van der Waals surface area (Å²) < 4.78 is 53.2. The monoisotopic (exact) mass is 247 g/mol. The van der Waals surface area contributed by atoms with Crippen LogP contribution in [0.3, 0.4) is 0 Å². The molecule has 2 N–H and O–H groups in total. The molecule has 1 aromatic rings. The van der Waals surface area contributed by atoms with E-state index in [2.05, 4.69) is 16.6 Å². The molecular weight excluding hydrogens is 238 g/mol. The van der Waals surface area contributed by atoms with Gasteiger partial charge < -0.3 is 10.5 Å². The Labute approximate surface area is 95.4 Å². The molecule has 0 amide bonds. The Balaban J connectivity index is 2.75. The predicted octanol–water partition coefficient (Wildman–Crippen LogP) is 2.08. The van der Waals surface area contributed by atoms with Gasteiger partial charge in [-0.1, -0.05) is 11.8 Å². The molecule has 1 rings (SSSR count). The van der Waals surface area contributed by atoms with Crippen LogP contribution in [-0.2, 0) is 0 Å². The maximum atomic E-state index is 13.3. The van der Waals surface area contributed by atoms with Gasteiger partial charge in [0.15, 0.2) is 6.61 Å². The van der Waals surface area contributed by atoms with Gasteiger partial charge in [0, 0.05) is 6.07 Å². The quantitative estimate of drug-likeness (QED) is 0.641. The molecule has 0 aliphatic carbocycles. The van der Waals surface area contributed by atoms with Crippen LogP contribution < -0.4 is 10.5 Å². The van der Waals surface area contributed by atoms with Gasteiger partial charge in [0.1, 0.15) is 11.6 Å². The molecule has 92 valence electrons. The number of nitrogens with two attached hydrogens (primary N) is 1. The Morgan fingerprint density at radius 3 is 2.53 bits per heavy atom. The molecule has 0 saturated heterocycles. The highest BCUT2D eigenvalue weighted by molar-refractivity contribution is 5.39. The molecule has 0 aliphatic rings. The average Bonchev–Trinajstić information content (AvgIpc) is 2.24. The van der Waals surface area contributed by atoms with E-state index in [-0.39, 0.29) is 17.9 Å². The zero-order valence-electron chi connectivity index (χ0n) is 8.64. The number of alkyl halides is 3. The van der Waals surface area contributed by atoms with E-state index in [1.54, 1.807) is 0 Å². The van der Waals surface area contributed by atoms with Crippen molar-refractivity contribution < 1.29 is 22.3 Å². The van der Waals surface area contributed by atoms with Crippen LogP contribution >= 0.6 is 0 Å². The van der Waals surface area contributed by atoms with Gasteiger partial charge in [-0.05, 0) is 12.1 Å². The molecule has 0 spiro atoms. The van der Waals surface area contributed by atoms with E-state index in [0.717, 1.165) is 6.07 Å². The van der Waals surface area contributed by atoms with E-state index in [1.165, 1.54) is 12.1 Å². The fourth-order valence-corrected chi connectivity index (χ4v) is 0.998. The summed E-state index contributed by atoms with van der Waals surface area (Å²) in [5.74, 6) is 3.94. The highest BCUT2D eigenvalue weighted by Gasteiger charge is 2.28. The molecule has 6 heteroatoms. The molecule has 0 unspecified atom stereocenters. The number of hydrogen-bond acceptors (Lipinski definition) is 2.